The van der Waals surface area contributed by atoms with Crippen molar-refractivity contribution in [2.75, 3.05) is 26.7 Å². The number of hydrogen-bond acceptors (Lipinski definition) is 5. The number of carbonyl (C=O) groups excluding carboxylic acids is 2. The van der Waals surface area contributed by atoms with Gasteiger partial charge in [-0.05, 0) is 35.4 Å². The van der Waals surface area contributed by atoms with Crippen LogP contribution in [0.4, 0.5) is 0 Å². The van der Waals surface area contributed by atoms with Crippen LogP contribution in [-0.4, -0.2) is 62.3 Å². The molecule has 0 aliphatic carbocycles. The van der Waals surface area contributed by atoms with Gasteiger partial charge in [0.05, 0.1) is 25.1 Å². The van der Waals surface area contributed by atoms with Crippen molar-refractivity contribution in [1.82, 2.24) is 9.21 Å². The second-order valence-electron chi connectivity index (χ2n) is 6.60. The molecule has 1 saturated heterocycles. The summed E-state index contributed by atoms with van der Waals surface area (Å²) >= 11 is 3.38. The lowest BCUT2D eigenvalue weighted by molar-refractivity contribution is -0.150. The van der Waals surface area contributed by atoms with E-state index in [0.717, 1.165) is 19.9 Å². The van der Waals surface area contributed by atoms with E-state index in [1.165, 1.54) is 24.1 Å². The lowest BCUT2D eigenvalue weighted by Gasteiger charge is -2.37. The molecule has 30 heavy (non-hydrogen) atoms. The van der Waals surface area contributed by atoms with Crippen molar-refractivity contribution >= 4 is 37.8 Å². The van der Waals surface area contributed by atoms with Crippen molar-refractivity contribution in [3.63, 3.8) is 0 Å². The molecule has 0 N–H and O–H groups in total. The summed E-state index contributed by atoms with van der Waals surface area (Å²) in [4.78, 5) is 25.9. The molecule has 2 aromatic rings. The Morgan fingerprint density at radius 2 is 1.73 bits per heavy atom. The molecule has 1 heterocycles. The number of carbonyl (C=O) groups is 2. The van der Waals surface area contributed by atoms with Gasteiger partial charge in [0.1, 0.15) is 6.04 Å². The summed E-state index contributed by atoms with van der Waals surface area (Å²) in [6, 6.07) is 12.7. The third-order valence-corrected chi connectivity index (χ3v) is 7.18. The molecule has 0 bridgehead atoms. The zero-order valence-corrected chi connectivity index (χ0v) is 18.5. The third-order valence-electron chi connectivity index (χ3n) is 4.78. The van der Waals surface area contributed by atoms with Crippen molar-refractivity contribution in [1.29, 1.82) is 0 Å². The molecule has 0 spiro atoms. The second-order valence-corrected chi connectivity index (χ2v) is 9.41. The van der Waals surface area contributed by atoms with E-state index in [0.29, 0.717) is 0 Å². The van der Waals surface area contributed by atoms with Crippen molar-refractivity contribution in [2.45, 2.75) is 10.9 Å². The highest BCUT2D eigenvalue weighted by atomic mass is 79.9. The maximum absolute atomic E-state index is 13.2. The second kappa shape index (κ2) is 9.00. The minimum Gasteiger partial charge on any atom is -0.468 e. The number of terminal acetylenes is 1. The van der Waals surface area contributed by atoms with E-state index in [9.17, 15) is 18.0 Å². The smallest absolute Gasteiger partial charge is 0.326 e. The summed E-state index contributed by atoms with van der Waals surface area (Å²) < 4.78 is 33.0. The summed E-state index contributed by atoms with van der Waals surface area (Å²) in [6.07, 6.45) is 5.26. The monoisotopic (exact) mass is 490 g/mol. The molecule has 7 nitrogen and oxygen atoms in total. The first-order valence-corrected chi connectivity index (χ1v) is 11.2. The number of benzene rings is 2. The van der Waals surface area contributed by atoms with Crippen molar-refractivity contribution in [2.24, 2.45) is 0 Å². The fraction of sp³-hybridized carbons (Fsp3) is 0.238. The minimum absolute atomic E-state index is 0.0118. The van der Waals surface area contributed by atoms with Crippen LogP contribution in [0.3, 0.4) is 0 Å². The average Bonchev–Trinajstić information content (AvgIpc) is 2.75. The molecule has 9 heteroatoms. The summed E-state index contributed by atoms with van der Waals surface area (Å²) in [5.41, 5.74) is 1.76. The van der Waals surface area contributed by atoms with E-state index in [1.807, 2.05) is 24.3 Å². The molecule has 0 radical (unpaired) electrons. The number of amides is 1. The highest BCUT2D eigenvalue weighted by Crippen LogP contribution is 2.27. The minimum atomic E-state index is -4.12. The van der Waals surface area contributed by atoms with Gasteiger partial charge in [-0.3, -0.25) is 9.59 Å². The molecule has 2 aromatic carbocycles. The van der Waals surface area contributed by atoms with Crippen LogP contribution in [0, 0.1) is 12.3 Å². The third kappa shape index (κ3) is 4.41. The normalized spacial score (nSPS) is 17.4. The highest BCUT2D eigenvalue weighted by molar-refractivity contribution is 9.10. The maximum atomic E-state index is 13.2. The molecule has 3 rings (SSSR count). The lowest BCUT2D eigenvalue weighted by Crippen LogP contribution is -2.60. The summed E-state index contributed by atoms with van der Waals surface area (Å²) in [5.74, 6) is 1.12. The van der Waals surface area contributed by atoms with E-state index in [-0.39, 0.29) is 18.0 Å². The zero-order valence-electron chi connectivity index (χ0n) is 16.1. The van der Waals surface area contributed by atoms with Gasteiger partial charge >= 0.3 is 5.97 Å². The summed E-state index contributed by atoms with van der Waals surface area (Å²) in [7, 11) is -2.95. The van der Waals surface area contributed by atoms with E-state index in [1.54, 1.807) is 12.1 Å². The van der Waals surface area contributed by atoms with E-state index in [2.05, 4.69) is 21.9 Å². The Labute approximate surface area is 183 Å². The van der Waals surface area contributed by atoms with Crippen LogP contribution >= 0.6 is 15.9 Å². The van der Waals surface area contributed by atoms with Gasteiger partial charge in [0.2, 0.25) is 15.9 Å². The number of rotatable bonds is 5. The fourth-order valence-corrected chi connectivity index (χ4v) is 4.97. The van der Waals surface area contributed by atoms with Crippen LogP contribution in [0.15, 0.2) is 57.9 Å². The summed E-state index contributed by atoms with van der Waals surface area (Å²) in [5, 5.41) is 0. The van der Waals surface area contributed by atoms with Crippen LogP contribution in [-0.2, 0) is 24.3 Å². The number of nitrogens with zero attached hydrogens (tertiary/aromatic N) is 2. The highest BCUT2D eigenvalue weighted by Gasteiger charge is 2.43. The van der Waals surface area contributed by atoms with E-state index in [4.69, 9.17) is 11.2 Å². The number of piperazine rings is 1. The van der Waals surface area contributed by atoms with E-state index >= 15 is 0 Å². The molecule has 1 atom stereocenters. The Hall–Kier alpha value is -2.67. The largest absolute Gasteiger partial charge is 0.468 e. The van der Waals surface area contributed by atoms with Crippen LogP contribution < -0.4 is 0 Å². The molecular formula is C21H19BrN2O5S. The first-order chi connectivity index (χ1) is 14.3. The Bertz CT molecular complexity index is 1090. The predicted molar refractivity (Wildman–Crippen MR) is 115 cm³/mol. The molecule has 0 aromatic heterocycles. The Morgan fingerprint density at radius 3 is 2.27 bits per heavy atom. The van der Waals surface area contributed by atoms with Gasteiger partial charge in [0.15, 0.2) is 0 Å². The van der Waals surface area contributed by atoms with Gasteiger partial charge in [0.25, 0.3) is 0 Å². The standard InChI is InChI=1S/C21H19BrN2O5S/c1-3-12-23-13-19(21(26)29-2)24(14-20(23)25)30(27,28)18-10-6-16(7-11-18)15-4-8-17(22)9-5-15/h1,4-11,19H,12-14H2,2H3. The topological polar surface area (TPSA) is 84.0 Å². The summed E-state index contributed by atoms with van der Waals surface area (Å²) in [6.45, 7) is -0.660. The van der Waals surface area contributed by atoms with Crippen molar-refractivity contribution < 1.29 is 22.7 Å². The molecular weight excluding hydrogens is 472 g/mol. The van der Waals surface area contributed by atoms with Gasteiger partial charge < -0.3 is 9.64 Å². The van der Waals surface area contributed by atoms with Gasteiger partial charge in [0, 0.05) is 11.0 Å². The molecule has 1 amide bonds. The number of halogens is 1. The Balaban J connectivity index is 1.92. The lowest BCUT2D eigenvalue weighted by atomic mass is 10.1. The molecule has 1 aliphatic rings. The molecule has 0 saturated carbocycles. The van der Waals surface area contributed by atoms with Crippen molar-refractivity contribution in [3.8, 4) is 23.5 Å². The fourth-order valence-electron chi connectivity index (χ4n) is 3.19. The first-order valence-electron chi connectivity index (χ1n) is 8.95. The van der Waals surface area contributed by atoms with Gasteiger partial charge in [-0.25, -0.2) is 8.42 Å². The van der Waals surface area contributed by atoms with Gasteiger partial charge in [-0.15, -0.1) is 6.42 Å². The Morgan fingerprint density at radius 1 is 1.17 bits per heavy atom. The SMILES string of the molecule is C#CCN1CC(C(=O)OC)N(S(=O)(=O)c2ccc(-c3ccc(Br)cc3)cc2)CC1=O. The van der Waals surface area contributed by atoms with Crippen molar-refractivity contribution in [3.05, 3.63) is 53.0 Å². The van der Waals surface area contributed by atoms with E-state index < -0.39 is 34.5 Å². The number of sulfonamides is 1. The average molecular weight is 491 g/mol. The molecule has 1 fully saturated rings. The first kappa shape index (κ1) is 22.0. The van der Waals surface area contributed by atoms with Gasteiger partial charge in [-0.1, -0.05) is 46.1 Å². The Kier molecular flexibility index (Phi) is 6.61. The zero-order chi connectivity index (χ0) is 21.9. The molecule has 1 aliphatic heterocycles. The van der Waals surface area contributed by atoms with Crippen LogP contribution in [0.2, 0.25) is 0 Å². The van der Waals surface area contributed by atoms with Crippen LogP contribution in [0.5, 0.6) is 0 Å². The quantitative estimate of drug-likeness (QED) is 0.473. The maximum Gasteiger partial charge on any atom is 0.326 e. The van der Waals surface area contributed by atoms with Crippen LogP contribution in [0.25, 0.3) is 11.1 Å². The number of hydrogen-bond donors (Lipinski definition) is 0. The molecule has 1 unspecified atom stereocenters. The number of ether oxygens (including phenoxy) is 1. The molecule has 156 valence electrons. The number of esters is 1. The van der Waals surface area contributed by atoms with Gasteiger partial charge in [-0.2, -0.15) is 4.31 Å². The number of methoxy groups -OCH3 is 1. The van der Waals surface area contributed by atoms with Crippen LogP contribution in [0.1, 0.15) is 0 Å². The predicted octanol–water partition coefficient (Wildman–Crippen LogP) is 2.12.